The normalized spacial score (nSPS) is 13.1. The average molecular weight is 370 g/mol. The number of aromatic nitrogens is 2. The highest BCUT2D eigenvalue weighted by Gasteiger charge is 2.20. The fourth-order valence-electron chi connectivity index (χ4n) is 2.65. The van der Waals surface area contributed by atoms with E-state index in [1.54, 1.807) is 18.2 Å². The molecule has 25 heavy (non-hydrogen) atoms. The minimum absolute atomic E-state index is 0.0839. The van der Waals surface area contributed by atoms with Gasteiger partial charge in [-0.3, -0.25) is 0 Å². The molecule has 2 aromatic heterocycles. The number of rotatable bonds is 7. The summed E-state index contributed by atoms with van der Waals surface area (Å²) in [6, 6.07) is 6.38. The number of ether oxygens (including phenoxy) is 1. The first-order valence-electron chi connectivity index (χ1n) is 7.98. The number of hydrogen-bond acceptors (Lipinski definition) is 4. The third-order valence-electron chi connectivity index (χ3n) is 3.51. The summed E-state index contributed by atoms with van der Waals surface area (Å²) in [6.07, 6.45) is -0.520. The van der Waals surface area contributed by atoms with Gasteiger partial charge in [-0.15, -0.1) is 0 Å². The molecule has 0 aliphatic carbocycles. The number of nitrogens with zero attached hydrogens (tertiary/aromatic N) is 2. The third-order valence-corrected chi connectivity index (χ3v) is 3.72. The minimum Gasteiger partial charge on any atom is -0.491 e. The van der Waals surface area contributed by atoms with Gasteiger partial charge < -0.3 is 10.5 Å². The number of halogens is 3. The van der Waals surface area contributed by atoms with Crippen molar-refractivity contribution in [1.82, 2.24) is 9.97 Å². The van der Waals surface area contributed by atoms with Crippen molar-refractivity contribution in [1.29, 1.82) is 0 Å². The lowest BCUT2D eigenvalue weighted by molar-refractivity contribution is 0.136. The zero-order valence-electron chi connectivity index (χ0n) is 14.5. The smallest absolute Gasteiger partial charge is 0.284 e. The summed E-state index contributed by atoms with van der Waals surface area (Å²) in [5.41, 5.74) is 6.26. The molecule has 0 aliphatic heterocycles. The van der Waals surface area contributed by atoms with E-state index >= 15 is 0 Å². The second-order valence-electron chi connectivity index (χ2n) is 6.86. The Balaban J connectivity index is 2.19. The summed E-state index contributed by atoms with van der Waals surface area (Å²) in [7, 11) is 0. The largest absolute Gasteiger partial charge is 0.491 e. The molecule has 136 valence electrons. The Bertz CT molecular complexity index is 720. The summed E-state index contributed by atoms with van der Waals surface area (Å²) in [6.45, 7) is 6.11. The van der Waals surface area contributed by atoms with E-state index in [0.29, 0.717) is 17.9 Å². The van der Waals surface area contributed by atoms with Crippen LogP contribution in [0.2, 0.25) is 5.15 Å². The van der Waals surface area contributed by atoms with Crippen molar-refractivity contribution in [3.63, 3.8) is 0 Å². The molecular formula is C18H22ClF2N3O. The number of alkyl halides is 2. The molecule has 0 radical (unpaired) electrons. The molecule has 0 unspecified atom stereocenters. The Labute approximate surface area is 151 Å². The molecule has 7 heteroatoms. The van der Waals surface area contributed by atoms with Crippen molar-refractivity contribution in [2.75, 3.05) is 6.61 Å². The van der Waals surface area contributed by atoms with Gasteiger partial charge in [0, 0.05) is 17.3 Å². The van der Waals surface area contributed by atoms with Crippen LogP contribution in [-0.4, -0.2) is 22.1 Å². The van der Waals surface area contributed by atoms with Crippen LogP contribution in [0.4, 0.5) is 8.78 Å². The molecule has 0 saturated carbocycles. The molecule has 2 aromatic rings. The van der Waals surface area contributed by atoms with E-state index in [9.17, 15) is 8.78 Å². The SMILES string of the molecule is C[C@H](COc1ccc(-c2ccnc(Cl)c2)nc1C(F)F)CC(C)(C)N. The van der Waals surface area contributed by atoms with Gasteiger partial charge >= 0.3 is 0 Å². The summed E-state index contributed by atoms with van der Waals surface area (Å²) in [4.78, 5) is 7.92. The van der Waals surface area contributed by atoms with Crippen molar-refractivity contribution in [2.24, 2.45) is 11.7 Å². The molecule has 0 aliphatic rings. The topological polar surface area (TPSA) is 61.0 Å². The zero-order valence-corrected chi connectivity index (χ0v) is 15.2. The van der Waals surface area contributed by atoms with Crippen molar-refractivity contribution in [2.45, 2.75) is 39.2 Å². The Morgan fingerprint density at radius 1 is 1.28 bits per heavy atom. The standard InChI is InChI=1S/C18H22ClF2N3O/c1-11(9-18(2,3)22)10-25-14-5-4-13(24-16(14)17(20)21)12-6-7-23-15(19)8-12/h4-8,11,17H,9-10,22H2,1-3H3/t11-/m0/s1. The lowest BCUT2D eigenvalue weighted by Crippen LogP contribution is -2.35. The molecule has 0 aromatic carbocycles. The first kappa shape index (κ1) is 19.5. The van der Waals surface area contributed by atoms with Crippen molar-refractivity contribution < 1.29 is 13.5 Å². The number of nitrogens with two attached hydrogens (primary N) is 1. The Morgan fingerprint density at radius 3 is 2.60 bits per heavy atom. The van der Waals surface area contributed by atoms with E-state index in [-0.39, 0.29) is 28.1 Å². The monoisotopic (exact) mass is 369 g/mol. The highest BCUT2D eigenvalue weighted by atomic mass is 35.5. The van der Waals surface area contributed by atoms with Gasteiger partial charge in [0.25, 0.3) is 6.43 Å². The predicted molar refractivity (Wildman–Crippen MR) is 95.0 cm³/mol. The summed E-state index contributed by atoms with van der Waals surface area (Å²) in [5.74, 6) is 0.213. The van der Waals surface area contributed by atoms with Crippen molar-refractivity contribution >= 4 is 11.6 Å². The Morgan fingerprint density at radius 2 is 2.00 bits per heavy atom. The first-order chi connectivity index (χ1) is 11.7. The second-order valence-corrected chi connectivity index (χ2v) is 7.24. The zero-order chi connectivity index (χ0) is 18.6. The maximum Gasteiger partial charge on any atom is 0.284 e. The van der Waals surface area contributed by atoms with E-state index in [2.05, 4.69) is 9.97 Å². The molecule has 4 nitrogen and oxygen atoms in total. The molecular weight excluding hydrogens is 348 g/mol. The Hall–Kier alpha value is -1.79. The first-order valence-corrected chi connectivity index (χ1v) is 8.36. The third kappa shape index (κ3) is 5.90. The highest BCUT2D eigenvalue weighted by molar-refractivity contribution is 6.29. The van der Waals surface area contributed by atoms with Crippen LogP contribution < -0.4 is 10.5 Å². The fourth-order valence-corrected chi connectivity index (χ4v) is 2.83. The highest BCUT2D eigenvalue weighted by Crippen LogP contribution is 2.31. The van der Waals surface area contributed by atoms with Crippen LogP contribution in [-0.2, 0) is 0 Å². The van der Waals surface area contributed by atoms with E-state index in [1.165, 1.54) is 12.3 Å². The molecule has 0 amide bonds. The van der Waals surface area contributed by atoms with Crippen LogP contribution in [0.25, 0.3) is 11.3 Å². The van der Waals surface area contributed by atoms with Crippen LogP contribution in [0, 0.1) is 5.92 Å². The predicted octanol–water partition coefficient (Wildman–Crippen LogP) is 4.88. The van der Waals surface area contributed by atoms with E-state index in [1.807, 2.05) is 20.8 Å². The molecule has 0 spiro atoms. The molecule has 0 fully saturated rings. The van der Waals surface area contributed by atoms with Gasteiger partial charge in [0.1, 0.15) is 16.6 Å². The van der Waals surface area contributed by atoms with Crippen LogP contribution in [0.5, 0.6) is 5.75 Å². The van der Waals surface area contributed by atoms with Gasteiger partial charge in [-0.2, -0.15) is 0 Å². The molecule has 0 bridgehead atoms. The fraction of sp³-hybridized carbons (Fsp3) is 0.444. The van der Waals surface area contributed by atoms with Gasteiger partial charge in [0.05, 0.1) is 12.3 Å². The lowest BCUT2D eigenvalue weighted by atomic mass is 9.93. The van der Waals surface area contributed by atoms with Gasteiger partial charge in [0.2, 0.25) is 0 Å². The van der Waals surface area contributed by atoms with Gasteiger partial charge in [0.15, 0.2) is 0 Å². The maximum absolute atomic E-state index is 13.4. The second kappa shape index (κ2) is 8.06. The molecule has 0 saturated heterocycles. The van der Waals surface area contributed by atoms with Crippen LogP contribution >= 0.6 is 11.6 Å². The summed E-state index contributed by atoms with van der Waals surface area (Å²) < 4.78 is 32.4. The average Bonchev–Trinajstić information content (AvgIpc) is 2.51. The van der Waals surface area contributed by atoms with Crippen LogP contribution in [0.15, 0.2) is 30.5 Å². The van der Waals surface area contributed by atoms with Crippen molar-refractivity contribution in [3.05, 3.63) is 41.3 Å². The van der Waals surface area contributed by atoms with Crippen LogP contribution in [0.1, 0.15) is 39.3 Å². The number of pyridine rings is 2. The molecule has 2 heterocycles. The van der Waals surface area contributed by atoms with Gasteiger partial charge in [-0.1, -0.05) is 18.5 Å². The summed E-state index contributed by atoms with van der Waals surface area (Å²) >= 11 is 5.84. The van der Waals surface area contributed by atoms with Crippen molar-refractivity contribution in [3.8, 4) is 17.0 Å². The van der Waals surface area contributed by atoms with E-state index < -0.39 is 6.43 Å². The Kier molecular flexibility index (Phi) is 6.30. The molecule has 2 rings (SSSR count). The minimum atomic E-state index is -2.74. The van der Waals surface area contributed by atoms with Crippen LogP contribution in [0.3, 0.4) is 0 Å². The summed E-state index contributed by atoms with van der Waals surface area (Å²) in [5, 5.41) is 0.274. The molecule has 1 atom stereocenters. The van der Waals surface area contributed by atoms with Gasteiger partial charge in [-0.05, 0) is 50.5 Å². The quantitative estimate of drug-likeness (QED) is 0.707. The lowest BCUT2D eigenvalue weighted by Gasteiger charge is -2.23. The van der Waals surface area contributed by atoms with E-state index in [4.69, 9.17) is 22.1 Å². The van der Waals surface area contributed by atoms with E-state index in [0.717, 1.165) is 6.42 Å². The number of hydrogen-bond donors (Lipinski definition) is 1. The molecule has 2 N–H and O–H groups in total. The maximum atomic E-state index is 13.4. The van der Waals surface area contributed by atoms with Gasteiger partial charge in [-0.25, -0.2) is 18.7 Å².